The van der Waals surface area contributed by atoms with Crippen molar-refractivity contribution in [1.82, 2.24) is 9.88 Å². The average molecular weight is 417 g/mol. The van der Waals surface area contributed by atoms with Crippen LogP contribution in [0.15, 0.2) is 48.7 Å². The van der Waals surface area contributed by atoms with Gasteiger partial charge in [0, 0.05) is 25.0 Å². The summed E-state index contributed by atoms with van der Waals surface area (Å²) >= 11 is 5.74. The molecule has 8 nitrogen and oxygen atoms in total. The van der Waals surface area contributed by atoms with Gasteiger partial charge in [0.15, 0.2) is 6.61 Å². The Morgan fingerprint density at radius 3 is 2.66 bits per heavy atom. The van der Waals surface area contributed by atoms with Gasteiger partial charge in [0.2, 0.25) is 0 Å². The first-order valence-electron chi connectivity index (χ1n) is 9.20. The minimum absolute atomic E-state index is 0.248. The van der Waals surface area contributed by atoms with Crippen LogP contribution in [-0.2, 0) is 14.3 Å². The van der Waals surface area contributed by atoms with Gasteiger partial charge in [0.1, 0.15) is 5.82 Å². The van der Waals surface area contributed by atoms with Gasteiger partial charge in [-0.15, -0.1) is 0 Å². The maximum absolute atomic E-state index is 12.4. The number of nitrogens with zero attached hydrogens (tertiary/aromatic N) is 2. The number of benzene rings is 1. The topological polar surface area (TPSA) is 101 Å². The van der Waals surface area contributed by atoms with Crippen molar-refractivity contribution in [3.05, 3.63) is 53.7 Å². The summed E-state index contributed by atoms with van der Waals surface area (Å²) in [5.41, 5.74) is 0.690. The second kappa shape index (κ2) is 9.88. The molecule has 9 heteroatoms. The average Bonchev–Trinajstić information content (AvgIpc) is 2.74. The number of amides is 3. The van der Waals surface area contributed by atoms with Crippen molar-refractivity contribution < 1.29 is 19.1 Å². The molecule has 2 aromatic rings. The molecule has 0 spiro atoms. The fraction of sp³-hybridized carbons (Fsp3) is 0.300. The predicted octanol–water partition coefficient (Wildman–Crippen LogP) is 3.16. The van der Waals surface area contributed by atoms with E-state index in [-0.39, 0.29) is 12.6 Å². The normalized spacial score (nSPS) is 16.0. The molecule has 0 saturated carbocycles. The molecular weight excluding hydrogens is 396 g/mol. The van der Waals surface area contributed by atoms with Gasteiger partial charge in [-0.1, -0.05) is 29.8 Å². The van der Waals surface area contributed by atoms with Crippen molar-refractivity contribution in [3.8, 4) is 0 Å². The maximum Gasteiger partial charge on any atom is 0.321 e. The van der Waals surface area contributed by atoms with Crippen LogP contribution in [-0.4, -0.2) is 47.5 Å². The van der Waals surface area contributed by atoms with E-state index in [1.54, 1.807) is 29.2 Å². The first kappa shape index (κ1) is 20.6. The Hall–Kier alpha value is -3.13. The molecule has 2 heterocycles. The molecule has 0 aliphatic carbocycles. The van der Waals surface area contributed by atoms with Gasteiger partial charge in [-0.05, 0) is 37.1 Å². The Bertz CT molecular complexity index is 861. The maximum atomic E-state index is 12.4. The van der Waals surface area contributed by atoms with Gasteiger partial charge < -0.3 is 20.3 Å². The van der Waals surface area contributed by atoms with Crippen molar-refractivity contribution >= 4 is 41.0 Å². The molecule has 1 unspecified atom stereocenters. The fourth-order valence-corrected chi connectivity index (χ4v) is 3.07. The van der Waals surface area contributed by atoms with Gasteiger partial charge >= 0.3 is 12.0 Å². The standard InChI is InChI=1S/C20H21ClN4O4/c21-15-8-9-17(22-11-15)24-18(26)13-29-19(27)14-5-4-10-25(12-14)20(28)23-16-6-2-1-3-7-16/h1-3,6-9,11,14H,4-5,10,12-13H2,(H,23,28)(H,22,24,26). The van der Waals surface area contributed by atoms with Crippen molar-refractivity contribution in [2.45, 2.75) is 12.8 Å². The third-order valence-electron chi connectivity index (χ3n) is 4.41. The van der Waals surface area contributed by atoms with E-state index >= 15 is 0 Å². The molecule has 1 saturated heterocycles. The zero-order valence-electron chi connectivity index (χ0n) is 15.6. The number of ether oxygens (including phenoxy) is 1. The van der Waals surface area contributed by atoms with Crippen molar-refractivity contribution in [2.75, 3.05) is 30.3 Å². The third-order valence-corrected chi connectivity index (χ3v) is 4.63. The van der Waals surface area contributed by atoms with E-state index < -0.39 is 24.4 Å². The molecular formula is C20H21ClN4O4. The van der Waals surface area contributed by atoms with E-state index in [2.05, 4.69) is 15.6 Å². The summed E-state index contributed by atoms with van der Waals surface area (Å²) in [7, 11) is 0. The van der Waals surface area contributed by atoms with Crippen LogP contribution >= 0.6 is 11.6 Å². The number of aromatic nitrogens is 1. The highest BCUT2D eigenvalue weighted by Gasteiger charge is 2.30. The summed E-state index contributed by atoms with van der Waals surface area (Å²) < 4.78 is 5.12. The number of anilines is 2. The lowest BCUT2D eigenvalue weighted by Crippen LogP contribution is -2.45. The van der Waals surface area contributed by atoms with E-state index in [0.29, 0.717) is 35.9 Å². The van der Waals surface area contributed by atoms with Crippen molar-refractivity contribution in [1.29, 1.82) is 0 Å². The monoisotopic (exact) mass is 416 g/mol. The summed E-state index contributed by atoms with van der Waals surface area (Å²) in [5, 5.41) is 5.78. The quantitative estimate of drug-likeness (QED) is 0.729. The number of esters is 1. The Morgan fingerprint density at radius 2 is 1.93 bits per heavy atom. The summed E-state index contributed by atoms with van der Waals surface area (Å²) in [5.74, 6) is -1.15. The van der Waals surface area contributed by atoms with E-state index in [1.807, 2.05) is 18.2 Å². The molecule has 1 aromatic carbocycles. The number of carbonyl (C=O) groups excluding carboxylic acids is 3. The van der Waals surface area contributed by atoms with E-state index in [1.165, 1.54) is 6.20 Å². The van der Waals surface area contributed by atoms with Crippen LogP contribution in [0.25, 0.3) is 0 Å². The largest absolute Gasteiger partial charge is 0.455 e. The molecule has 2 N–H and O–H groups in total. The second-order valence-corrected chi connectivity index (χ2v) is 7.04. The summed E-state index contributed by atoms with van der Waals surface area (Å²) in [6, 6.07) is 12.0. The Balaban J connectivity index is 1.45. The van der Waals surface area contributed by atoms with Gasteiger partial charge in [0.25, 0.3) is 5.91 Å². The van der Waals surface area contributed by atoms with Gasteiger partial charge in [-0.25, -0.2) is 9.78 Å². The lowest BCUT2D eigenvalue weighted by molar-refractivity contribution is -0.152. The minimum Gasteiger partial charge on any atom is -0.455 e. The number of rotatable bonds is 5. The number of hydrogen-bond acceptors (Lipinski definition) is 5. The lowest BCUT2D eigenvalue weighted by Gasteiger charge is -2.31. The third kappa shape index (κ3) is 6.18. The molecule has 0 bridgehead atoms. The number of hydrogen-bond donors (Lipinski definition) is 2. The van der Waals surface area contributed by atoms with E-state index in [4.69, 9.17) is 16.3 Å². The van der Waals surface area contributed by atoms with Crippen LogP contribution in [0, 0.1) is 5.92 Å². The van der Waals surface area contributed by atoms with E-state index in [9.17, 15) is 14.4 Å². The molecule has 1 aliphatic rings. The van der Waals surface area contributed by atoms with Crippen molar-refractivity contribution in [3.63, 3.8) is 0 Å². The lowest BCUT2D eigenvalue weighted by atomic mass is 9.98. The van der Waals surface area contributed by atoms with Gasteiger partial charge in [0.05, 0.1) is 10.9 Å². The molecule has 1 fully saturated rings. The second-order valence-electron chi connectivity index (χ2n) is 6.60. The molecule has 1 aliphatic heterocycles. The van der Waals surface area contributed by atoms with Crippen LogP contribution in [0.1, 0.15) is 12.8 Å². The summed E-state index contributed by atoms with van der Waals surface area (Å²) in [6.45, 7) is 0.388. The number of urea groups is 1. The van der Waals surface area contributed by atoms with Gasteiger partial charge in [-0.2, -0.15) is 0 Å². The van der Waals surface area contributed by atoms with E-state index in [0.717, 1.165) is 0 Å². The minimum atomic E-state index is -0.499. The Labute approximate surface area is 173 Å². The Morgan fingerprint density at radius 1 is 1.14 bits per heavy atom. The smallest absolute Gasteiger partial charge is 0.321 e. The SMILES string of the molecule is O=C(COC(=O)C1CCCN(C(=O)Nc2ccccc2)C1)Nc1ccc(Cl)cn1. The van der Waals surface area contributed by atoms with Crippen LogP contribution in [0.3, 0.4) is 0 Å². The van der Waals surface area contributed by atoms with Crippen molar-refractivity contribution in [2.24, 2.45) is 5.92 Å². The highest BCUT2D eigenvalue weighted by atomic mass is 35.5. The first-order chi connectivity index (χ1) is 14.0. The highest BCUT2D eigenvalue weighted by molar-refractivity contribution is 6.30. The predicted molar refractivity (Wildman–Crippen MR) is 109 cm³/mol. The number of carbonyl (C=O) groups is 3. The molecule has 1 atom stereocenters. The zero-order chi connectivity index (χ0) is 20.6. The van der Waals surface area contributed by atoms with Crippen LogP contribution in [0.2, 0.25) is 5.02 Å². The highest BCUT2D eigenvalue weighted by Crippen LogP contribution is 2.19. The molecule has 3 amide bonds. The molecule has 29 heavy (non-hydrogen) atoms. The zero-order valence-corrected chi connectivity index (χ0v) is 16.4. The van der Waals surface area contributed by atoms with Crippen LogP contribution in [0.5, 0.6) is 0 Å². The molecule has 0 radical (unpaired) electrons. The number of nitrogens with one attached hydrogen (secondary N) is 2. The van der Waals surface area contributed by atoms with Crippen LogP contribution in [0.4, 0.5) is 16.3 Å². The molecule has 1 aromatic heterocycles. The summed E-state index contributed by atoms with van der Waals surface area (Å²) in [4.78, 5) is 42.2. The number of para-hydroxylation sites is 1. The number of likely N-dealkylation sites (tertiary alicyclic amines) is 1. The molecule has 3 rings (SSSR count). The molecule has 152 valence electrons. The fourth-order valence-electron chi connectivity index (χ4n) is 2.96. The first-order valence-corrected chi connectivity index (χ1v) is 9.58. The summed E-state index contributed by atoms with van der Waals surface area (Å²) in [6.07, 6.45) is 2.69. The Kier molecular flexibility index (Phi) is 7.02. The van der Waals surface area contributed by atoms with Gasteiger partial charge in [-0.3, -0.25) is 9.59 Å². The number of piperidine rings is 1. The number of pyridine rings is 1. The number of halogens is 1. The van der Waals surface area contributed by atoms with Crippen LogP contribution < -0.4 is 10.6 Å².